The van der Waals surface area contributed by atoms with E-state index in [1.807, 2.05) is 6.92 Å². The van der Waals surface area contributed by atoms with Crippen molar-refractivity contribution in [2.45, 2.75) is 25.4 Å². The molecule has 0 aliphatic carbocycles. The van der Waals surface area contributed by atoms with Crippen molar-refractivity contribution in [1.82, 2.24) is 5.32 Å². The SMILES string of the molecule is CC1(CNC(=O)c2cc(F)ccc2Br)CCCO1. The summed E-state index contributed by atoms with van der Waals surface area (Å²) in [5, 5.41) is 2.79. The molecule has 5 heteroatoms. The van der Waals surface area contributed by atoms with Crippen LogP contribution in [0, 0.1) is 5.82 Å². The van der Waals surface area contributed by atoms with E-state index >= 15 is 0 Å². The van der Waals surface area contributed by atoms with Crippen LogP contribution in [0.2, 0.25) is 0 Å². The molecule has 1 aromatic carbocycles. The van der Waals surface area contributed by atoms with Crippen LogP contribution in [0.5, 0.6) is 0 Å². The number of carbonyl (C=O) groups excluding carboxylic acids is 1. The van der Waals surface area contributed by atoms with Crippen molar-refractivity contribution < 1.29 is 13.9 Å². The molecule has 0 spiro atoms. The molecule has 1 aromatic rings. The summed E-state index contributed by atoms with van der Waals surface area (Å²) in [7, 11) is 0. The summed E-state index contributed by atoms with van der Waals surface area (Å²) in [6.45, 7) is 3.14. The molecule has 1 saturated heterocycles. The molecule has 2 rings (SSSR count). The fraction of sp³-hybridized carbons (Fsp3) is 0.462. The van der Waals surface area contributed by atoms with Gasteiger partial charge in [-0.1, -0.05) is 0 Å². The third-order valence-corrected chi connectivity index (χ3v) is 3.79. The molecular weight excluding hydrogens is 301 g/mol. The Morgan fingerprint density at radius 3 is 3.06 bits per heavy atom. The minimum absolute atomic E-state index is 0.293. The Morgan fingerprint density at radius 2 is 2.39 bits per heavy atom. The molecule has 1 atom stereocenters. The van der Waals surface area contributed by atoms with Gasteiger partial charge in [-0.2, -0.15) is 0 Å². The molecule has 0 aromatic heterocycles. The highest BCUT2D eigenvalue weighted by Crippen LogP contribution is 2.24. The van der Waals surface area contributed by atoms with Gasteiger partial charge in [0.1, 0.15) is 5.82 Å². The first-order valence-corrected chi connectivity index (χ1v) is 6.67. The maximum absolute atomic E-state index is 13.1. The van der Waals surface area contributed by atoms with E-state index in [-0.39, 0.29) is 11.5 Å². The van der Waals surface area contributed by atoms with E-state index in [0.717, 1.165) is 19.4 Å². The van der Waals surface area contributed by atoms with Gasteiger partial charge in [0.05, 0.1) is 11.2 Å². The van der Waals surface area contributed by atoms with Crippen molar-refractivity contribution in [2.75, 3.05) is 13.2 Å². The van der Waals surface area contributed by atoms with Crippen molar-refractivity contribution in [3.8, 4) is 0 Å². The Kier molecular flexibility index (Phi) is 4.02. The van der Waals surface area contributed by atoms with E-state index in [9.17, 15) is 9.18 Å². The Labute approximate surface area is 114 Å². The Hall–Kier alpha value is -0.940. The van der Waals surface area contributed by atoms with Crippen molar-refractivity contribution in [3.05, 3.63) is 34.1 Å². The number of hydrogen-bond acceptors (Lipinski definition) is 2. The van der Waals surface area contributed by atoms with Gasteiger partial charge in [-0.15, -0.1) is 0 Å². The number of hydrogen-bond donors (Lipinski definition) is 1. The third kappa shape index (κ3) is 3.09. The number of ether oxygens (including phenoxy) is 1. The number of benzene rings is 1. The molecule has 1 aliphatic heterocycles. The van der Waals surface area contributed by atoms with E-state index in [2.05, 4.69) is 21.2 Å². The van der Waals surface area contributed by atoms with Gasteiger partial charge in [0.25, 0.3) is 5.91 Å². The van der Waals surface area contributed by atoms with Crippen LogP contribution >= 0.6 is 15.9 Å². The van der Waals surface area contributed by atoms with Crippen LogP contribution in [0.4, 0.5) is 4.39 Å². The molecule has 0 radical (unpaired) electrons. The summed E-state index contributed by atoms with van der Waals surface area (Å²) in [5.41, 5.74) is 0.00624. The zero-order chi connectivity index (χ0) is 13.2. The lowest BCUT2D eigenvalue weighted by Gasteiger charge is -2.23. The summed E-state index contributed by atoms with van der Waals surface area (Å²) in [5.74, 6) is -0.718. The summed E-state index contributed by atoms with van der Waals surface area (Å²) in [6.07, 6.45) is 1.94. The van der Waals surface area contributed by atoms with Gasteiger partial charge in [-0.3, -0.25) is 4.79 Å². The highest BCUT2D eigenvalue weighted by atomic mass is 79.9. The molecular formula is C13H15BrFNO2. The van der Waals surface area contributed by atoms with Crippen molar-refractivity contribution in [1.29, 1.82) is 0 Å². The van der Waals surface area contributed by atoms with E-state index in [1.54, 1.807) is 0 Å². The third-order valence-electron chi connectivity index (χ3n) is 3.10. The molecule has 1 N–H and O–H groups in total. The van der Waals surface area contributed by atoms with Gasteiger partial charge in [0.2, 0.25) is 0 Å². The van der Waals surface area contributed by atoms with Crippen molar-refractivity contribution in [2.24, 2.45) is 0 Å². The lowest BCUT2D eigenvalue weighted by Crippen LogP contribution is -2.40. The van der Waals surface area contributed by atoms with E-state index in [4.69, 9.17) is 4.74 Å². The lowest BCUT2D eigenvalue weighted by molar-refractivity contribution is 0.0206. The highest BCUT2D eigenvalue weighted by molar-refractivity contribution is 9.10. The minimum atomic E-state index is -0.424. The Balaban J connectivity index is 2.01. The molecule has 1 amide bonds. The first-order valence-electron chi connectivity index (χ1n) is 5.87. The van der Waals surface area contributed by atoms with Crippen molar-refractivity contribution >= 4 is 21.8 Å². The second-order valence-corrected chi connectivity index (χ2v) is 5.56. The second-order valence-electron chi connectivity index (χ2n) is 4.71. The minimum Gasteiger partial charge on any atom is -0.373 e. The van der Waals surface area contributed by atoms with E-state index in [1.165, 1.54) is 18.2 Å². The predicted octanol–water partition coefficient (Wildman–Crippen LogP) is 2.89. The Bertz CT molecular complexity index is 458. The average molecular weight is 316 g/mol. The summed E-state index contributed by atoms with van der Waals surface area (Å²) in [6, 6.07) is 4.05. The van der Waals surface area contributed by atoms with Crippen LogP contribution in [-0.2, 0) is 4.74 Å². The van der Waals surface area contributed by atoms with E-state index in [0.29, 0.717) is 16.6 Å². The molecule has 0 bridgehead atoms. The quantitative estimate of drug-likeness (QED) is 0.931. The molecule has 18 heavy (non-hydrogen) atoms. The highest BCUT2D eigenvalue weighted by Gasteiger charge is 2.30. The molecule has 1 fully saturated rings. The van der Waals surface area contributed by atoms with Gasteiger partial charge in [-0.25, -0.2) is 4.39 Å². The number of amides is 1. The zero-order valence-electron chi connectivity index (χ0n) is 10.1. The average Bonchev–Trinajstić information content (AvgIpc) is 2.77. The number of carbonyl (C=O) groups is 1. The molecule has 1 unspecified atom stereocenters. The Morgan fingerprint density at radius 1 is 1.61 bits per heavy atom. The van der Waals surface area contributed by atoms with E-state index < -0.39 is 5.82 Å². The van der Waals surface area contributed by atoms with Crippen LogP contribution in [0.25, 0.3) is 0 Å². The smallest absolute Gasteiger partial charge is 0.252 e. The normalized spacial score (nSPS) is 23.1. The largest absolute Gasteiger partial charge is 0.373 e. The van der Waals surface area contributed by atoms with Gasteiger partial charge < -0.3 is 10.1 Å². The summed E-state index contributed by atoms with van der Waals surface area (Å²) < 4.78 is 19.3. The lowest BCUT2D eigenvalue weighted by atomic mass is 10.0. The first-order chi connectivity index (χ1) is 8.50. The van der Waals surface area contributed by atoms with Crippen LogP contribution in [0.15, 0.2) is 22.7 Å². The summed E-state index contributed by atoms with van der Waals surface area (Å²) >= 11 is 3.24. The molecule has 0 saturated carbocycles. The number of nitrogens with one attached hydrogen (secondary N) is 1. The van der Waals surface area contributed by atoms with Crippen LogP contribution < -0.4 is 5.32 Å². The standard InChI is InChI=1S/C13H15BrFNO2/c1-13(5-2-6-18-13)8-16-12(17)10-7-9(15)3-4-11(10)14/h3-4,7H,2,5-6,8H2,1H3,(H,16,17). The predicted molar refractivity (Wildman–Crippen MR) is 70.0 cm³/mol. The van der Waals surface area contributed by atoms with Crippen LogP contribution in [-0.4, -0.2) is 24.7 Å². The van der Waals surface area contributed by atoms with Gasteiger partial charge >= 0.3 is 0 Å². The van der Waals surface area contributed by atoms with Gasteiger partial charge in [-0.05, 0) is 53.9 Å². The molecule has 3 nitrogen and oxygen atoms in total. The van der Waals surface area contributed by atoms with Gasteiger partial charge in [0.15, 0.2) is 0 Å². The van der Waals surface area contributed by atoms with Gasteiger partial charge in [0, 0.05) is 17.6 Å². The zero-order valence-corrected chi connectivity index (χ0v) is 11.7. The maximum atomic E-state index is 13.1. The fourth-order valence-electron chi connectivity index (χ4n) is 2.01. The number of rotatable bonds is 3. The van der Waals surface area contributed by atoms with Crippen LogP contribution in [0.3, 0.4) is 0 Å². The molecule has 1 heterocycles. The van der Waals surface area contributed by atoms with Crippen LogP contribution in [0.1, 0.15) is 30.1 Å². The monoisotopic (exact) mass is 315 g/mol. The molecule has 98 valence electrons. The summed E-state index contributed by atoms with van der Waals surface area (Å²) in [4.78, 5) is 12.0. The first kappa shape index (κ1) is 13.5. The second kappa shape index (κ2) is 5.36. The number of halogens is 2. The maximum Gasteiger partial charge on any atom is 0.252 e. The fourth-order valence-corrected chi connectivity index (χ4v) is 2.44. The topological polar surface area (TPSA) is 38.3 Å². The molecule has 1 aliphatic rings. The van der Waals surface area contributed by atoms with Crippen molar-refractivity contribution in [3.63, 3.8) is 0 Å².